The highest BCUT2D eigenvalue weighted by atomic mass is 79.9. The fourth-order valence-corrected chi connectivity index (χ4v) is 2.21. The maximum absolute atomic E-state index is 6.13. The fraction of sp³-hybridized carbons (Fsp3) is 0.600. The Bertz CT molecular complexity index is 359. The Labute approximate surface area is 103 Å². The van der Waals surface area contributed by atoms with E-state index in [0.29, 0.717) is 0 Å². The SMILES string of the molecule is Cc1nc(N2CCCC(Cl)C2)ncc1Br. The van der Waals surface area contributed by atoms with Crippen molar-refractivity contribution in [3.8, 4) is 0 Å². The highest BCUT2D eigenvalue weighted by molar-refractivity contribution is 9.10. The summed E-state index contributed by atoms with van der Waals surface area (Å²) < 4.78 is 0.950. The molecule has 2 heterocycles. The summed E-state index contributed by atoms with van der Waals surface area (Å²) in [5.74, 6) is 0.793. The van der Waals surface area contributed by atoms with E-state index < -0.39 is 0 Å². The molecule has 1 aliphatic rings. The van der Waals surface area contributed by atoms with E-state index in [1.54, 1.807) is 6.20 Å². The molecule has 0 radical (unpaired) electrons. The third-order valence-corrected chi connectivity index (χ3v) is 3.69. The number of aryl methyl sites for hydroxylation is 1. The van der Waals surface area contributed by atoms with Gasteiger partial charge in [-0.3, -0.25) is 0 Å². The topological polar surface area (TPSA) is 29.0 Å². The van der Waals surface area contributed by atoms with Crippen LogP contribution in [-0.2, 0) is 0 Å². The van der Waals surface area contributed by atoms with Crippen molar-refractivity contribution in [1.82, 2.24) is 9.97 Å². The molecule has 2 rings (SSSR count). The molecule has 5 heteroatoms. The van der Waals surface area contributed by atoms with Gasteiger partial charge in [-0.25, -0.2) is 9.97 Å². The number of aromatic nitrogens is 2. The lowest BCUT2D eigenvalue weighted by molar-refractivity contribution is 0.574. The molecule has 0 spiro atoms. The van der Waals surface area contributed by atoms with Crippen LogP contribution in [0.4, 0.5) is 5.95 Å². The second-order valence-electron chi connectivity index (χ2n) is 3.79. The van der Waals surface area contributed by atoms with Crippen LogP contribution in [0.25, 0.3) is 0 Å². The Hall–Kier alpha value is -0.350. The van der Waals surface area contributed by atoms with Gasteiger partial charge >= 0.3 is 0 Å². The van der Waals surface area contributed by atoms with Crippen LogP contribution in [-0.4, -0.2) is 28.4 Å². The van der Waals surface area contributed by atoms with Crippen LogP contribution in [0, 0.1) is 6.92 Å². The molecule has 1 saturated heterocycles. The number of anilines is 1. The van der Waals surface area contributed by atoms with Crippen LogP contribution in [0.15, 0.2) is 10.7 Å². The normalized spacial score (nSPS) is 21.8. The molecule has 3 nitrogen and oxygen atoms in total. The van der Waals surface area contributed by atoms with Crippen molar-refractivity contribution in [3.63, 3.8) is 0 Å². The number of rotatable bonds is 1. The molecule has 0 aliphatic carbocycles. The van der Waals surface area contributed by atoms with Gasteiger partial charge in [0.15, 0.2) is 0 Å². The molecule has 1 aliphatic heterocycles. The molecule has 1 fully saturated rings. The van der Waals surface area contributed by atoms with Gasteiger partial charge in [0.25, 0.3) is 0 Å². The first kappa shape index (κ1) is 11.1. The number of alkyl halides is 1. The molecule has 1 aromatic rings. The van der Waals surface area contributed by atoms with Crippen molar-refractivity contribution in [2.24, 2.45) is 0 Å². The summed E-state index contributed by atoms with van der Waals surface area (Å²) >= 11 is 9.52. The van der Waals surface area contributed by atoms with Crippen molar-refractivity contribution < 1.29 is 0 Å². The van der Waals surface area contributed by atoms with Gasteiger partial charge in [0, 0.05) is 19.3 Å². The van der Waals surface area contributed by atoms with Crippen LogP contribution in [0.2, 0.25) is 0 Å². The monoisotopic (exact) mass is 289 g/mol. The fourth-order valence-electron chi connectivity index (χ4n) is 1.70. The predicted molar refractivity (Wildman–Crippen MR) is 65.6 cm³/mol. The van der Waals surface area contributed by atoms with Gasteiger partial charge in [-0.05, 0) is 35.7 Å². The Balaban J connectivity index is 2.18. The third kappa shape index (κ3) is 2.61. The molecular formula is C10H13BrClN3. The highest BCUT2D eigenvalue weighted by Crippen LogP contribution is 2.21. The van der Waals surface area contributed by atoms with Crippen molar-refractivity contribution in [3.05, 3.63) is 16.4 Å². The van der Waals surface area contributed by atoms with Gasteiger partial charge in [-0.15, -0.1) is 11.6 Å². The van der Waals surface area contributed by atoms with E-state index in [-0.39, 0.29) is 5.38 Å². The summed E-state index contributed by atoms with van der Waals surface area (Å²) in [6.45, 7) is 3.82. The minimum Gasteiger partial charge on any atom is -0.339 e. The van der Waals surface area contributed by atoms with E-state index in [1.807, 2.05) is 6.92 Å². The summed E-state index contributed by atoms with van der Waals surface area (Å²) in [5, 5.41) is 0.228. The zero-order valence-electron chi connectivity index (χ0n) is 8.58. The summed E-state index contributed by atoms with van der Waals surface area (Å²) in [6, 6.07) is 0. The van der Waals surface area contributed by atoms with Gasteiger partial charge in [0.05, 0.1) is 15.5 Å². The summed E-state index contributed by atoms with van der Waals surface area (Å²) in [7, 11) is 0. The zero-order chi connectivity index (χ0) is 10.8. The molecule has 0 aromatic carbocycles. The van der Waals surface area contributed by atoms with E-state index in [1.165, 1.54) is 0 Å². The minimum absolute atomic E-state index is 0.228. The van der Waals surface area contributed by atoms with Crippen molar-refractivity contribution >= 4 is 33.5 Å². The third-order valence-electron chi connectivity index (χ3n) is 2.55. The molecule has 15 heavy (non-hydrogen) atoms. The molecule has 82 valence electrons. The molecule has 0 saturated carbocycles. The number of halogens is 2. The largest absolute Gasteiger partial charge is 0.339 e. The average molecular weight is 291 g/mol. The molecule has 0 bridgehead atoms. The van der Waals surface area contributed by atoms with Crippen molar-refractivity contribution in [2.45, 2.75) is 25.1 Å². The Morgan fingerprint density at radius 3 is 3.07 bits per heavy atom. The lowest BCUT2D eigenvalue weighted by Gasteiger charge is -2.29. The summed E-state index contributed by atoms with van der Waals surface area (Å²) in [6.07, 6.45) is 4.01. The predicted octanol–water partition coefficient (Wildman–Crippen LogP) is 2.76. The molecule has 1 unspecified atom stereocenters. The molecule has 1 aromatic heterocycles. The van der Waals surface area contributed by atoms with E-state index >= 15 is 0 Å². The van der Waals surface area contributed by atoms with Crippen LogP contribution in [0.5, 0.6) is 0 Å². The van der Waals surface area contributed by atoms with E-state index in [2.05, 4.69) is 30.8 Å². The van der Waals surface area contributed by atoms with Crippen molar-refractivity contribution in [1.29, 1.82) is 0 Å². The van der Waals surface area contributed by atoms with E-state index in [0.717, 1.165) is 42.0 Å². The van der Waals surface area contributed by atoms with Gasteiger partial charge in [0.1, 0.15) is 0 Å². The number of piperidine rings is 1. The maximum atomic E-state index is 6.13. The Morgan fingerprint density at radius 2 is 2.40 bits per heavy atom. The van der Waals surface area contributed by atoms with E-state index in [9.17, 15) is 0 Å². The van der Waals surface area contributed by atoms with Gasteiger partial charge < -0.3 is 4.90 Å². The summed E-state index contributed by atoms with van der Waals surface area (Å²) in [4.78, 5) is 10.9. The first-order chi connectivity index (χ1) is 7.16. The minimum atomic E-state index is 0.228. The quantitative estimate of drug-likeness (QED) is 0.745. The standard InChI is InChI=1S/C10H13BrClN3/c1-7-9(11)5-13-10(14-7)15-4-2-3-8(12)6-15/h5,8H,2-4,6H2,1H3. The molecule has 0 N–H and O–H groups in total. The number of hydrogen-bond acceptors (Lipinski definition) is 3. The lowest BCUT2D eigenvalue weighted by Crippen LogP contribution is -2.37. The Kier molecular flexibility index (Phi) is 3.46. The average Bonchev–Trinajstić information content (AvgIpc) is 2.22. The first-order valence-electron chi connectivity index (χ1n) is 5.05. The van der Waals surface area contributed by atoms with E-state index in [4.69, 9.17) is 11.6 Å². The molecular weight excluding hydrogens is 277 g/mol. The second-order valence-corrected chi connectivity index (χ2v) is 5.26. The Morgan fingerprint density at radius 1 is 1.60 bits per heavy atom. The van der Waals surface area contributed by atoms with Gasteiger partial charge in [-0.1, -0.05) is 0 Å². The zero-order valence-corrected chi connectivity index (χ0v) is 10.9. The number of nitrogens with zero attached hydrogens (tertiary/aromatic N) is 3. The van der Waals surface area contributed by atoms with Crippen molar-refractivity contribution in [2.75, 3.05) is 18.0 Å². The molecule has 0 amide bonds. The van der Waals surface area contributed by atoms with Gasteiger partial charge in [-0.2, -0.15) is 0 Å². The number of hydrogen-bond donors (Lipinski definition) is 0. The van der Waals surface area contributed by atoms with Gasteiger partial charge in [0.2, 0.25) is 5.95 Å². The molecule has 1 atom stereocenters. The van der Waals surface area contributed by atoms with Crippen LogP contribution in [0.1, 0.15) is 18.5 Å². The van der Waals surface area contributed by atoms with Crippen LogP contribution in [0.3, 0.4) is 0 Å². The highest BCUT2D eigenvalue weighted by Gasteiger charge is 2.20. The second kappa shape index (κ2) is 4.66. The summed E-state index contributed by atoms with van der Waals surface area (Å²) in [5.41, 5.74) is 0.969. The smallest absolute Gasteiger partial charge is 0.225 e. The first-order valence-corrected chi connectivity index (χ1v) is 6.28. The van der Waals surface area contributed by atoms with Crippen LogP contribution >= 0.6 is 27.5 Å². The van der Waals surface area contributed by atoms with Crippen LogP contribution < -0.4 is 4.90 Å². The maximum Gasteiger partial charge on any atom is 0.225 e. The lowest BCUT2D eigenvalue weighted by atomic mass is 10.1.